The summed E-state index contributed by atoms with van der Waals surface area (Å²) in [5.74, 6) is 1.02. The average Bonchev–Trinajstić information content (AvgIpc) is 3.35. The summed E-state index contributed by atoms with van der Waals surface area (Å²) >= 11 is 1.83. The molecule has 1 aliphatic carbocycles. The topological polar surface area (TPSA) is 36.7 Å². The molecule has 3 heterocycles. The van der Waals surface area contributed by atoms with E-state index < -0.39 is 0 Å². The Morgan fingerprint density at radius 1 is 1.04 bits per heavy atom. The Hall–Kier alpha value is -2.37. The van der Waals surface area contributed by atoms with Crippen LogP contribution in [0.3, 0.4) is 0 Å². The molecule has 5 rings (SSSR count). The highest BCUT2D eigenvalue weighted by Crippen LogP contribution is 2.43. The van der Waals surface area contributed by atoms with Gasteiger partial charge in [-0.05, 0) is 55.5 Å². The molecule has 27 heavy (non-hydrogen) atoms. The highest BCUT2D eigenvalue weighted by Gasteiger charge is 2.33. The lowest BCUT2D eigenvalue weighted by Crippen LogP contribution is -2.44. The van der Waals surface area contributed by atoms with Gasteiger partial charge in [0, 0.05) is 22.5 Å². The fourth-order valence-corrected chi connectivity index (χ4v) is 5.55. The first-order chi connectivity index (χ1) is 13.3. The summed E-state index contributed by atoms with van der Waals surface area (Å²) in [5.41, 5.74) is 3.60. The molecule has 1 aliphatic heterocycles. The first-order valence-electron chi connectivity index (χ1n) is 9.54. The van der Waals surface area contributed by atoms with Gasteiger partial charge in [0.05, 0.1) is 19.5 Å². The zero-order valence-electron chi connectivity index (χ0n) is 15.2. The number of nitrogens with zero attached hydrogens (tertiary/aromatic N) is 2. The Balaban J connectivity index is 1.53. The molecule has 4 nitrogen and oxygen atoms in total. The van der Waals surface area contributed by atoms with E-state index in [0.29, 0.717) is 6.67 Å². The van der Waals surface area contributed by atoms with Crippen molar-refractivity contribution in [3.63, 3.8) is 0 Å². The third-order valence-corrected chi connectivity index (χ3v) is 6.81. The number of fused-ring (bicyclic) bond motifs is 3. The van der Waals surface area contributed by atoms with Crippen LogP contribution in [0.4, 0.5) is 5.00 Å². The minimum absolute atomic E-state index is 0.0830. The third kappa shape index (κ3) is 3.11. The van der Waals surface area contributed by atoms with Crippen LogP contribution in [0.5, 0.6) is 0 Å². The van der Waals surface area contributed by atoms with E-state index in [0.717, 1.165) is 42.3 Å². The third-order valence-electron chi connectivity index (χ3n) is 5.45. The molecule has 0 spiro atoms. The van der Waals surface area contributed by atoms with Crippen molar-refractivity contribution in [1.29, 1.82) is 0 Å². The van der Waals surface area contributed by atoms with E-state index >= 15 is 0 Å². The van der Waals surface area contributed by atoms with Crippen LogP contribution in [0.2, 0.25) is 0 Å². The standard InChI is InChI=1S/C22H22N2O2S/c25-21(16-7-2-1-3-8-16)24-15-23(13-17-9-6-12-26-17)14-19-18-10-4-5-11-20(18)27-22(19)24/h1-3,6-9,12H,4-5,10-11,13-15H2. The van der Waals surface area contributed by atoms with Gasteiger partial charge in [0.2, 0.25) is 0 Å². The molecule has 5 heteroatoms. The predicted octanol–water partition coefficient (Wildman–Crippen LogP) is 4.84. The van der Waals surface area contributed by atoms with Crippen molar-refractivity contribution in [3.05, 3.63) is 76.1 Å². The van der Waals surface area contributed by atoms with Crippen LogP contribution in [0.15, 0.2) is 53.1 Å². The second-order valence-corrected chi connectivity index (χ2v) is 8.39. The molecule has 0 radical (unpaired) electrons. The summed E-state index contributed by atoms with van der Waals surface area (Å²) in [7, 11) is 0. The van der Waals surface area contributed by atoms with Gasteiger partial charge in [-0.1, -0.05) is 18.2 Å². The van der Waals surface area contributed by atoms with Gasteiger partial charge in [-0.3, -0.25) is 14.6 Å². The molecule has 1 amide bonds. The summed E-state index contributed by atoms with van der Waals surface area (Å²) in [6, 6.07) is 13.5. The van der Waals surface area contributed by atoms with Crippen molar-refractivity contribution in [3.8, 4) is 0 Å². The lowest BCUT2D eigenvalue weighted by molar-refractivity contribution is 0.0954. The Bertz CT molecular complexity index is 946. The summed E-state index contributed by atoms with van der Waals surface area (Å²) in [6.07, 6.45) is 6.52. The van der Waals surface area contributed by atoms with Gasteiger partial charge < -0.3 is 4.42 Å². The summed E-state index contributed by atoms with van der Waals surface area (Å²) in [5, 5.41) is 1.16. The molecule has 2 aliphatic rings. The normalized spacial score (nSPS) is 16.8. The highest BCUT2D eigenvalue weighted by atomic mass is 32.1. The second-order valence-electron chi connectivity index (χ2n) is 7.30. The van der Waals surface area contributed by atoms with Crippen molar-refractivity contribution < 1.29 is 9.21 Å². The van der Waals surface area contributed by atoms with Gasteiger partial charge in [0.1, 0.15) is 10.8 Å². The number of hydrogen-bond donors (Lipinski definition) is 0. The van der Waals surface area contributed by atoms with E-state index in [9.17, 15) is 4.79 Å². The quantitative estimate of drug-likeness (QED) is 0.654. The maximum atomic E-state index is 13.3. The predicted molar refractivity (Wildman–Crippen MR) is 107 cm³/mol. The van der Waals surface area contributed by atoms with Gasteiger partial charge in [-0.15, -0.1) is 11.3 Å². The van der Waals surface area contributed by atoms with E-state index in [1.165, 1.54) is 28.8 Å². The highest BCUT2D eigenvalue weighted by molar-refractivity contribution is 7.16. The minimum Gasteiger partial charge on any atom is -0.468 e. The number of anilines is 1. The first kappa shape index (κ1) is 16.8. The lowest BCUT2D eigenvalue weighted by atomic mass is 9.94. The Kier molecular flexibility index (Phi) is 4.34. The fraction of sp³-hybridized carbons (Fsp3) is 0.318. The lowest BCUT2D eigenvalue weighted by Gasteiger charge is -2.35. The van der Waals surface area contributed by atoms with Crippen molar-refractivity contribution in [2.75, 3.05) is 11.6 Å². The van der Waals surface area contributed by atoms with Crippen LogP contribution >= 0.6 is 11.3 Å². The van der Waals surface area contributed by atoms with Crippen LogP contribution < -0.4 is 4.90 Å². The number of benzene rings is 1. The van der Waals surface area contributed by atoms with Crippen molar-refractivity contribution in [1.82, 2.24) is 4.90 Å². The number of thiophene rings is 1. The van der Waals surface area contributed by atoms with Crippen molar-refractivity contribution >= 4 is 22.2 Å². The maximum absolute atomic E-state index is 13.3. The van der Waals surface area contributed by atoms with E-state index in [2.05, 4.69) is 4.90 Å². The van der Waals surface area contributed by atoms with Gasteiger partial charge in [-0.25, -0.2) is 0 Å². The second kappa shape index (κ2) is 6.98. The van der Waals surface area contributed by atoms with E-state index in [1.807, 2.05) is 58.7 Å². The zero-order chi connectivity index (χ0) is 18.2. The maximum Gasteiger partial charge on any atom is 0.260 e. The Morgan fingerprint density at radius 3 is 2.70 bits per heavy atom. The van der Waals surface area contributed by atoms with Crippen LogP contribution in [-0.4, -0.2) is 17.5 Å². The molecule has 0 bridgehead atoms. The molecule has 138 valence electrons. The van der Waals surface area contributed by atoms with Crippen LogP contribution in [0.25, 0.3) is 0 Å². The molecule has 0 saturated carbocycles. The Labute approximate surface area is 163 Å². The minimum atomic E-state index is 0.0830. The van der Waals surface area contributed by atoms with Crippen molar-refractivity contribution in [2.24, 2.45) is 0 Å². The van der Waals surface area contributed by atoms with Gasteiger partial charge in [-0.2, -0.15) is 0 Å². The number of rotatable bonds is 3. The number of hydrogen-bond acceptors (Lipinski definition) is 4. The molecular formula is C22H22N2O2S. The van der Waals surface area contributed by atoms with Crippen LogP contribution in [-0.2, 0) is 25.9 Å². The Morgan fingerprint density at radius 2 is 1.89 bits per heavy atom. The average molecular weight is 378 g/mol. The van der Waals surface area contributed by atoms with E-state index in [4.69, 9.17) is 4.42 Å². The molecular weight excluding hydrogens is 356 g/mol. The number of carbonyl (C=O) groups excluding carboxylic acids is 1. The molecule has 0 saturated heterocycles. The van der Waals surface area contributed by atoms with E-state index in [-0.39, 0.29) is 5.91 Å². The van der Waals surface area contributed by atoms with Crippen LogP contribution in [0, 0.1) is 0 Å². The number of carbonyl (C=O) groups is 1. The van der Waals surface area contributed by atoms with Crippen LogP contribution in [0.1, 0.15) is 45.0 Å². The number of amides is 1. The van der Waals surface area contributed by atoms with Gasteiger partial charge in [0.25, 0.3) is 5.91 Å². The molecule has 0 N–H and O–H groups in total. The smallest absolute Gasteiger partial charge is 0.260 e. The SMILES string of the molecule is O=C(c1ccccc1)N1CN(Cc2ccco2)Cc2c1sc1c2CCCC1. The molecule has 1 aromatic carbocycles. The van der Waals surface area contributed by atoms with E-state index in [1.54, 1.807) is 6.26 Å². The molecule has 3 aromatic rings. The number of aryl methyl sites for hydroxylation is 1. The monoisotopic (exact) mass is 378 g/mol. The van der Waals surface area contributed by atoms with Gasteiger partial charge in [0.15, 0.2) is 0 Å². The molecule has 2 aromatic heterocycles. The summed E-state index contributed by atoms with van der Waals surface area (Å²) in [6.45, 7) is 2.21. The fourth-order valence-electron chi connectivity index (χ4n) is 4.16. The van der Waals surface area contributed by atoms with Crippen molar-refractivity contribution in [2.45, 2.75) is 38.8 Å². The summed E-state index contributed by atoms with van der Waals surface area (Å²) in [4.78, 5) is 19.1. The molecule has 0 fully saturated rings. The van der Waals surface area contributed by atoms with Gasteiger partial charge >= 0.3 is 0 Å². The summed E-state index contributed by atoms with van der Waals surface area (Å²) < 4.78 is 5.56. The largest absolute Gasteiger partial charge is 0.468 e. The number of furan rings is 1. The molecule has 0 unspecified atom stereocenters. The molecule has 0 atom stereocenters. The first-order valence-corrected chi connectivity index (χ1v) is 10.4. The zero-order valence-corrected chi connectivity index (χ0v) is 16.0.